The molecule has 0 N–H and O–H groups in total. The molecule has 0 aromatic rings. The van der Waals surface area contributed by atoms with Crippen LogP contribution in [-0.2, 0) is 0 Å². The van der Waals surface area contributed by atoms with E-state index >= 15 is 0 Å². The van der Waals surface area contributed by atoms with Crippen LogP contribution in [0.5, 0.6) is 0 Å². The fraction of sp³-hybridized carbons (Fsp3) is 1.00. The average molecular weight is 344 g/mol. The van der Waals surface area contributed by atoms with E-state index in [0.717, 1.165) is 23.5 Å². The molecule has 3 fully saturated rings. The number of hydrogen-bond donors (Lipinski definition) is 0. The Hall–Kier alpha value is 0.0649. The number of hydrogen-bond acceptors (Lipinski definition) is 0. The first-order valence-corrected chi connectivity index (χ1v) is 12.4. The molecule has 2 atom stereocenters. The normalized spacial score (nSPS) is 32.5. The molecule has 2 unspecified atom stereocenters. The standard InChI is InChI=1S/C24H45B/c1-3-7-13-21(14-8-4-1)22-15-11-12-18-24(20-19-22)25-23-16-9-5-2-6-10-17-23/h21-25H,1-20H2. The maximum atomic E-state index is 1.59. The quantitative estimate of drug-likeness (QED) is 0.454. The van der Waals surface area contributed by atoms with Gasteiger partial charge in [0.05, 0.1) is 0 Å². The Morgan fingerprint density at radius 3 is 1.28 bits per heavy atom. The van der Waals surface area contributed by atoms with E-state index < -0.39 is 0 Å². The molecule has 0 saturated heterocycles. The molecule has 0 bridgehead atoms. The summed E-state index contributed by atoms with van der Waals surface area (Å²) in [7, 11) is 1.59. The lowest BCUT2D eigenvalue weighted by atomic mass is 9.49. The van der Waals surface area contributed by atoms with Gasteiger partial charge in [-0.3, -0.25) is 0 Å². The maximum absolute atomic E-state index is 1.59. The third-order valence-corrected chi connectivity index (χ3v) is 8.09. The molecule has 0 spiro atoms. The summed E-state index contributed by atoms with van der Waals surface area (Å²) in [5, 5.41) is 0. The van der Waals surface area contributed by atoms with Gasteiger partial charge in [0.1, 0.15) is 7.28 Å². The molecular formula is C24H45B. The molecule has 0 radical (unpaired) electrons. The van der Waals surface area contributed by atoms with Gasteiger partial charge in [-0.25, -0.2) is 0 Å². The molecule has 0 amide bonds. The Morgan fingerprint density at radius 1 is 0.320 bits per heavy atom. The van der Waals surface area contributed by atoms with Crippen LogP contribution in [0, 0.1) is 11.8 Å². The summed E-state index contributed by atoms with van der Waals surface area (Å²) in [4.78, 5) is 0. The predicted molar refractivity (Wildman–Crippen MR) is 114 cm³/mol. The summed E-state index contributed by atoms with van der Waals surface area (Å²) in [6.45, 7) is 0. The van der Waals surface area contributed by atoms with Crippen molar-refractivity contribution in [3.8, 4) is 0 Å². The van der Waals surface area contributed by atoms with Gasteiger partial charge in [0.15, 0.2) is 0 Å². The van der Waals surface area contributed by atoms with Crippen molar-refractivity contribution in [1.82, 2.24) is 0 Å². The lowest BCUT2D eigenvalue weighted by Crippen LogP contribution is -2.21. The lowest BCUT2D eigenvalue weighted by Gasteiger charge is -2.33. The minimum absolute atomic E-state index is 1.08. The zero-order chi connectivity index (χ0) is 17.2. The van der Waals surface area contributed by atoms with Crippen LogP contribution in [0.15, 0.2) is 0 Å². The first-order valence-electron chi connectivity index (χ1n) is 12.4. The van der Waals surface area contributed by atoms with Crippen LogP contribution in [0.3, 0.4) is 0 Å². The molecule has 3 aliphatic rings. The second kappa shape index (κ2) is 11.7. The van der Waals surface area contributed by atoms with Gasteiger partial charge in [-0.2, -0.15) is 0 Å². The van der Waals surface area contributed by atoms with Crippen molar-refractivity contribution in [2.24, 2.45) is 11.8 Å². The first-order chi connectivity index (χ1) is 12.4. The highest BCUT2D eigenvalue weighted by Gasteiger charge is 2.26. The van der Waals surface area contributed by atoms with Crippen LogP contribution < -0.4 is 0 Å². The topological polar surface area (TPSA) is 0 Å². The fourth-order valence-electron chi connectivity index (χ4n) is 6.49. The van der Waals surface area contributed by atoms with Crippen LogP contribution in [-0.4, -0.2) is 7.28 Å². The summed E-state index contributed by atoms with van der Waals surface area (Å²) >= 11 is 0. The predicted octanol–water partition coefficient (Wildman–Crippen LogP) is 8.08. The highest BCUT2D eigenvalue weighted by Crippen LogP contribution is 2.40. The molecule has 0 heterocycles. The van der Waals surface area contributed by atoms with Crippen LogP contribution in [0.2, 0.25) is 11.6 Å². The molecule has 0 aromatic carbocycles. The van der Waals surface area contributed by atoms with Crippen molar-refractivity contribution in [3.63, 3.8) is 0 Å². The van der Waals surface area contributed by atoms with Crippen molar-refractivity contribution in [2.75, 3.05) is 0 Å². The van der Waals surface area contributed by atoms with Gasteiger partial charge in [0.25, 0.3) is 0 Å². The van der Waals surface area contributed by atoms with Crippen LogP contribution in [0.1, 0.15) is 128 Å². The Labute approximate surface area is 159 Å². The molecular weight excluding hydrogens is 299 g/mol. The van der Waals surface area contributed by atoms with E-state index in [2.05, 4.69) is 0 Å². The zero-order valence-corrected chi connectivity index (χ0v) is 17.2. The van der Waals surface area contributed by atoms with E-state index in [-0.39, 0.29) is 0 Å². The summed E-state index contributed by atoms with van der Waals surface area (Å²) in [5.74, 6) is 4.36. The molecule has 0 aromatic heterocycles. The third kappa shape index (κ3) is 7.30. The van der Waals surface area contributed by atoms with E-state index in [1.807, 2.05) is 0 Å². The Balaban J connectivity index is 1.46. The minimum atomic E-state index is 1.08. The highest BCUT2D eigenvalue weighted by molar-refractivity contribution is 6.39. The van der Waals surface area contributed by atoms with Gasteiger partial charge < -0.3 is 0 Å². The molecule has 3 saturated carbocycles. The SMILES string of the molecule is B(C1CCCCCCC1)C1CCCCC(C2CCCCCCC2)CC1. The van der Waals surface area contributed by atoms with Crippen LogP contribution in [0.4, 0.5) is 0 Å². The van der Waals surface area contributed by atoms with Crippen LogP contribution >= 0.6 is 0 Å². The van der Waals surface area contributed by atoms with E-state index in [1.54, 1.807) is 71.5 Å². The fourth-order valence-corrected chi connectivity index (χ4v) is 6.49. The van der Waals surface area contributed by atoms with Crippen molar-refractivity contribution >= 4 is 7.28 Å². The summed E-state index contributed by atoms with van der Waals surface area (Å²) in [6.07, 6.45) is 30.9. The second-order valence-corrected chi connectivity index (χ2v) is 10.0. The van der Waals surface area contributed by atoms with Gasteiger partial charge in [-0.05, 0) is 11.8 Å². The smallest absolute Gasteiger partial charge is 0.0654 e. The molecule has 0 nitrogen and oxygen atoms in total. The summed E-state index contributed by atoms with van der Waals surface area (Å²) in [5.41, 5.74) is 0. The molecule has 0 aliphatic heterocycles. The van der Waals surface area contributed by atoms with E-state index in [4.69, 9.17) is 0 Å². The molecule has 3 rings (SSSR count). The van der Waals surface area contributed by atoms with Crippen molar-refractivity contribution in [2.45, 2.75) is 140 Å². The highest BCUT2D eigenvalue weighted by atomic mass is 14.3. The summed E-state index contributed by atoms with van der Waals surface area (Å²) < 4.78 is 0. The Morgan fingerprint density at radius 2 is 0.680 bits per heavy atom. The molecule has 1 heteroatoms. The van der Waals surface area contributed by atoms with Gasteiger partial charge in [0.2, 0.25) is 0 Å². The third-order valence-electron chi connectivity index (χ3n) is 8.09. The van der Waals surface area contributed by atoms with Crippen LogP contribution in [0.25, 0.3) is 0 Å². The van der Waals surface area contributed by atoms with Gasteiger partial charge in [0, 0.05) is 0 Å². The molecule has 3 aliphatic carbocycles. The first kappa shape index (κ1) is 19.8. The second-order valence-electron chi connectivity index (χ2n) is 10.0. The molecule has 144 valence electrons. The van der Waals surface area contributed by atoms with Gasteiger partial charge in [-0.1, -0.05) is 140 Å². The lowest BCUT2D eigenvalue weighted by molar-refractivity contribution is 0.220. The minimum Gasteiger partial charge on any atom is -0.0654 e. The van der Waals surface area contributed by atoms with E-state index in [0.29, 0.717) is 0 Å². The Bertz CT molecular complexity index is 323. The maximum Gasteiger partial charge on any atom is 0.127 e. The van der Waals surface area contributed by atoms with Crippen molar-refractivity contribution in [1.29, 1.82) is 0 Å². The number of rotatable bonds is 3. The zero-order valence-electron chi connectivity index (χ0n) is 17.2. The van der Waals surface area contributed by atoms with E-state index in [1.165, 1.54) is 64.2 Å². The largest absolute Gasteiger partial charge is 0.127 e. The monoisotopic (exact) mass is 344 g/mol. The summed E-state index contributed by atoms with van der Waals surface area (Å²) in [6, 6.07) is 0. The van der Waals surface area contributed by atoms with Crippen molar-refractivity contribution < 1.29 is 0 Å². The van der Waals surface area contributed by atoms with Gasteiger partial charge in [-0.15, -0.1) is 0 Å². The van der Waals surface area contributed by atoms with Gasteiger partial charge >= 0.3 is 0 Å². The van der Waals surface area contributed by atoms with E-state index in [9.17, 15) is 0 Å². The Kier molecular flexibility index (Phi) is 9.28. The molecule has 25 heavy (non-hydrogen) atoms. The average Bonchev–Trinajstić information content (AvgIpc) is 2.53. The van der Waals surface area contributed by atoms with Crippen molar-refractivity contribution in [3.05, 3.63) is 0 Å².